The number of amides is 1. The van der Waals surface area contributed by atoms with E-state index in [1.54, 1.807) is 11.1 Å². The van der Waals surface area contributed by atoms with Gasteiger partial charge in [-0.25, -0.2) is 0 Å². The zero-order valence-corrected chi connectivity index (χ0v) is 12.3. The van der Waals surface area contributed by atoms with Crippen LogP contribution >= 0.6 is 15.9 Å². The van der Waals surface area contributed by atoms with Crippen molar-refractivity contribution in [2.75, 3.05) is 6.61 Å². The molecule has 0 spiro atoms. The summed E-state index contributed by atoms with van der Waals surface area (Å²) >= 11 is 3.45. The SMILES string of the molecule is O=C1COc2ccc(Br)cc2CN1Cc1ccccn1. The van der Waals surface area contributed by atoms with Crippen molar-refractivity contribution in [3.8, 4) is 5.75 Å². The predicted octanol–water partition coefficient (Wildman–Crippen LogP) is 2.77. The minimum Gasteiger partial charge on any atom is -0.483 e. The van der Waals surface area contributed by atoms with Crippen molar-refractivity contribution < 1.29 is 9.53 Å². The number of fused-ring (bicyclic) bond motifs is 1. The molecule has 0 saturated carbocycles. The molecule has 1 aliphatic rings. The summed E-state index contributed by atoms with van der Waals surface area (Å²) in [7, 11) is 0. The van der Waals surface area contributed by atoms with Crippen LogP contribution in [0.2, 0.25) is 0 Å². The Balaban J connectivity index is 1.86. The second kappa shape index (κ2) is 5.63. The average Bonchev–Trinajstić information content (AvgIpc) is 2.60. The van der Waals surface area contributed by atoms with E-state index in [0.717, 1.165) is 21.5 Å². The summed E-state index contributed by atoms with van der Waals surface area (Å²) in [5, 5.41) is 0. The molecule has 1 aliphatic heterocycles. The summed E-state index contributed by atoms with van der Waals surface area (Å²) in [6.07, 6.45) is 1.73. The molecule has 20 heavy (non-hydrogen) atoms. The van der Waals surface area contributed by atoms with Crippen molar-refractivity contribution in [2.45, 2.75) is 13.1 Å². The minimum absolute atomic E-state index is 0.0250. The molecule has 0 N–H and O–H groups in total. The lowest BCUT2D eigenvalue weighted by molar-refractivity contribution is -0.133. The van der Waals surface area contributed by atoms with Crippen LogP contribution in [-0.2, 0) is 17.9 Å². The Morgan fingerprint density at radius 3 is 3.00 bits per heavy atom. The summed E-state index contributed by atoms with van der Waals surface area (Å²) in [6, 6.07) is 11.5. The zero-order valence-electron chi connectivity index (χ0n) is 10.8. The Morgan fingerprint density at radius 2 is 2.20 bits per heavy atom. The number of benzene rings is 1. The third kappa shape index (κ3) is 2.82. The Labute approximate surface area is 125 Å². The number of aromatic nitrogens is 1. The van der Waals surface area contributed by atoms with Gasteiger partial charge in [-0.1, -0.05) is 22.0 Å². The van der Waals surface area contributed by atoms with E-state index in [1.807, 2.05) is 36.4 Å². The third-order valence-corrected chi connectivity index (χ3v) is 3.66. The molecule has 0 saturated heterocycles. The minimum atomic E-state index is -0.0250. The van der Waals surface area contributed by atoms with Crippen molar-refractivity contribution in [3.63, 3.8) is 0 Å². The maximum absolute atomic E-state index is 12.1. The van der Waals surface area contributed by atoms with Gasteiger partial charge in [0, 0.05) is 22.8 Å². The highest BCUT2D eigenvalue weighted by molar-refractivity contribution is 9.10. The van der Waals surface area contributed by atoms with Crippen LogP contribution in [0.1, 0.15) is 11.3 Å². The van der Waals surface area contributed by atoms with Gasteiger partial charge in [0.15, 0.2) is 6.61 Å². The molecule has 0 unspecified atom stereocenters. The molecule has 0 atom stereocenters. The maximum Gasteiger partial charge on any atom is 0.261 e. The Hall–Kier alpha value is -1.88. The summed E-state index contributed by atoms with van der Waals surface area (Å²) in [5.74, 6) is 0.744. The van der Waals surface area contributed by atoms with E-state index in [-0.39, 0.29) is 12.5 Å². The largest absolute Gasteiger partial charge is 0.483 e. The molecule has 0 fully saturated rings. The lowest BCUT2D eigenvalue weighted by Gasteiger charge is -2.19. The zero-order chi connectivity index (χ0) is 13.9. The van der Waals surface area contributed by atoms with Crippen LogP contribution in [0.15, 0.2) is 47.1 Å². The van der Waals surface area contributed by atoms with E-state index in [9.17, 15) is 4.79 Å². The van der Waals surface area contributed by atoms with Crippen molar-refractivity contribution in [2.24, 2.45) is 0 Å². The average molecular weight is 333 g/mol. The van der Waals surface area contributed by atoms with Gasteiger partial charge in [-0.15, -0.1) is 0 Å². The van der Waals surface area contributed by atoms with Gasteiger partial charge >= 0.3 is 0 Å². The lowest BCUT2D eigenvalue weighted by atomic mass is 10.2. The number of carbonyl (C=O) groups excluding carboxylic acids is 1. The van der Waals surface area contributed by atoms with Gasteiger partial charge in [0.2, 0.25) is 0 Å². The predicted molar refractivity (Wildman–Crippen MR) is 78.1 cm³/mol. The topological polar surface area (TPSA) is 42.4 Å². The van der Waals surface area contributed by atoms with Crippen molar-refractivity contribution in [1.82, 2.24) is 9.88 Å². The fraction of sp³-hybridized carbons (Fsp3) is 0.200. The van der Waals surface area contributed by atoms with E-state index < -0.39 is 0 Å². The number of pyridine rings is 1. The van der Waals surface area contributed by atoms with Crippen LogP contribution in [0.5, 0.6) is 5.75 Å². The van der Waals surface area contributed by atoms with Crippen molar-refractivity contribution >= 4 is 21.8 Å². The van der Waals surface area contributed by atoms with Crippen molar-refractivity contribution in [1.29, 1.82) is 0 Å². The van der Waals surface area contributed by atoms with E-state index in [0.29, 0.717) is 13.1 Å². The van der Waals surface area contributed by atoms with Crippen LogP contribution in [0, 0.1) is 0 Å². The Kier molecular flexibility index (Phi) is 3.69. The molecule has 2 aromatic rings. The molecule has 0 aliphatic carbocycles. The van der Waals surface area contributed by atoms with Gasteiger partial charge in [-0.3, -0.25) is 9.78 Å². The Bertz CT molecular complexity index is 631. The van der Waals surface area contributed by atoms with Gasteiger partial charge in [0.25, 0.3) is 5.91 Å². The number of nitrogens with zero attached hydrogens (tertiary/aromatic N) is 2. The van der Waals surface area contributed by atoms with Crippen LogP contribution in [0.4, 0.5) is 0 Å². The van der Waals surface area contributed by atoms with Gasteiger partial charge in [0.05, 0.1) is 12.2 Å². The summed E-state index contributed by atoms with van der Waals surface area (Å²) in [6.45, 7) is 1.10. The van der Waals surface area contributed by atoms with E-state index in [4.69, 9.17) is 4.74 Å². The molecule has 2 heterocycles. The standard InChI is InChI=1S/C15H13BrN2O2/c16-12-4-5-14-11(7-12)8-18(15(19)10-20-14)9-13-3-1-2-6-17-13/h1-7H,8-10H2. The molecular weight excluding hydrogens is 320 g/mol. The summed E-state index contributed by atoms with van der Waals surface area (Å²) in [4.78, 5) is 18.2. The second-order valence-electron chi connectivity index (χ2n) is 4.61. The first-order valence-corrected chi connectivity index (χ1v) is 7.10. The highest BCUT2D eigenvalue weighted by Crippen LogP contribution is 2.27. The lowest BCUT2D eigenvalue weighted by Crippen LogP contribution is -2.32. The fourth-order valence-electron chi connectivity index (χ4n) is 2.17. The Morgan fingerprint density at radius 1 is 1.30 bits per heavy atom. The monoisotopic (exact) mass is 332 g/mol. The molecule has 1 aromatic carbocycles. The van der Waals surface area contributed by atoms with E-state index in [2.05, 4.69) is 20.9 Å². The molecule has 0 bridgehead atoms. The molecule has 5 heteroatoms. The van der Waals surface area contributed by atoms with Crippen LogP contribution in [-0.4, -0.2) is 22.4 Å². The van der Waals surface area contributed by atoms with Gasteiger partial charge in [0.1, 0.15) is 5.75 Å². The molecule has 1 amide bonds. The first kappa shape index (κ1) is 13.1. The molecule has 0 radical (unpaired) electrons. The maximum atomic E-state index is 12.1. The fourth-order valence-corrected chi connectivity index (χ4v) is 2.58. The van der Waals surface area contributed by atoms with Crippen LogP contribution < -0.4 is 4.74 Å². The smallest absolute Gasteiger partial charge is 0.261 e. The van der Waals surface area contributed by atoms with Gasteiger partial charge in [-0.2, -0.15) is 0 Å². The van der Waals surface area contributed by atoms with Crippen LogP contribution in [0.25, 0.3) is 0 Å². The summed E-state index contributed by atoms with van der Waals surface area (Å²) < 4.78 is 6.53. The number of ether oxygens (including phenoxy) is 1. The molecule has 102 valence electrons. The molecule has 4 nitrogen and oxygen atoms in total. The second-order valence-corrected chi connectivity index (χ2v) is 5.53. The number of halogens is 1. The quantitative estimate of drug-likeness (QED) is 0.849. The van der Waals surface area contributed by atoms with E-state index >= 15 is 0 Å². The van der Waals surface area contributed by atoms with Gasteiger partial charge in [-0.05, 0) is 30.3 Å². The molecule has 3 rings (SSSR count). The van der Waals surface area contributed by atoms with Crippen molar-refractivity contribution in [3.05, 3.63) is 58.3 Å². The van der Waals surface area contributed by atoms with Crippen LogP contribution in [0.3, 0.4) is 0 Å². The highest BCUT2D eigenvalue weighted by Gasteiger charge is 2.22. The van der Waals surface area contributed by atoms with E-state index in [1.165, 1.54) is 0 Å². The molecular formula is C15H13BrN2O2. The number of hydrogen-bond acceptors (Lipinski definition) is 3. The summed E-state index contributed by atoms with van der Waals surface area (Å²) in [5.41, 5.74) is 1.88. The first-order valence-electron chi connectivity index (χ1n) is 6.31. The normalized spacial score (nSPS) is 14.4. The number of rotatable bonds is 2. The molecule has 1 aromatic heterocycles. The number of hydrogen-bond donors (Lipinski definition) is 0. The highest BCUT2D eigenvalue weighted by atomic mass is 79.9. The first-order chi connectivity index (χ1) is 9.72. The number of carbonyl (C=O) groups is 1. The van der Waals surface area contributed by atoms with Gasteiger partial charge < -0.3 is 9.64 Å². The third-order valence-electron chi connectivity index (χ3n) is 3.17.